The van der Waals surface area contributed by atoms with Crippen molar-refractivity contribution in [3.63, 3.8) is 0 Å². The van der Waals surface area contributed by atoms with Crippen molar-refractivity contribution >= 4 is 10.0 Å². The number of sulfonamides is 1. The molecule has 0 saturated heterocycles. The second-order valence-corrected chi connectivity index (χ2v) is 6.35. The van der Waals surface area contributed by atoms with E-state index < -0.39 is 10.0 Å². The lowest BCUT2D eigenvalue weighted by atomic mass is 10.1. The van der Waals surface area contributed by atoms with Gasteiger partial charge >= 0.3 is 0 Å². The number of likely N-dealkylation sites (N-methyl/N-ethyl adjacent to an activating group) is 1. The Hall–Kier alpha value is -0.130. The van der Waals surface area contributed by atoms with Gasteiger partial charge in [-0.3, -0.25) is 0 Å². The van der Waals surface area contributed by atoms with Crippen molar-refractivity contribution in [2.75, 3.05) is 19.3 Å². The first-order valence-corrected chi connectivity index (χ1v) is 7.11. The van der Waals surface area contributed by atoms with Gasteiger partial charge in [-0.1, -0.05) is 20.3 Å². The highest BCUT2D eigenvalue weighted by molar-refractivity contribution is 7.89. The maximum Gasteiger partial charge on any atom is 0.214 e. The Bertz CT molecular complexity index is 265. The van der Waals surface area contributed by atoms with Crippen LogP contribution in [-0.4, -0.2) is 38.1 Å². The zero-order valence-corrected chi connectivity index (χ0v) is 11.0. The standard InChI is InChI=1S/C10H24N2O2S/c1-5-6-9(2)8-15(13,14)12(4)10(3)7-11/h9-10H,5-8,11H2,1-4H3. The molecule has 0 aromatic carbocycles. The number of nitrogens with two attached hydrogens (primary N) is 1. The van der Waals surface area contributed by atoms with Crippen LogP contribution in [0.1, 0.15) is 33.6 Å². The van der Waals surface area contributed by atoms with Crippen LogP contribution < -0.4 is 5.73 Å². The van der Waals surface area contributed by atoms with Crippen LogP contribution in [0.15, 0.2) is 0 Å². The van der Waals surface area contributed by atoms with Crippen LogP contribution in [0.2, 0.25) is 0 Å². The van der Waals surface area contributed by atoms with E-state index in [0.717, 1.165) is 12.8 Å². The molecule has 0 bridgehead atoms. The van der Waals surface area contributed by atoms with Gasteiger partial charge in [0.1, 0.15) is 0 Å². The first-order valence-electron chi connectivity index (χ1n) is 5.50. The summed E-state index contributed by atoms with van der Waals surface area (Å²) in [5.74, 6) is 0.439. The van der Waals surface area contributed by atoms with E-state index in [1.165, 1.54) is 4.31 Å². The molecule has 0 aromatic rings. The van der Waals surface area contributed by atoms with Crippen molar-refractivity contribution in [3.05, 3.63) is 0 Å². The summed E-state index contributed by atoms with van der Waals surface area (Å²) < 4.78 is 25.2. The molecule has 0 aromatic heterocycles. The number of nitrogens with zero attached hydrogens (tertiary/aromatic N) is 1. The fourth-order valence-electron chi connectivity index (χ4n) is 1.48. The maximum absolute atomic E-state index is 11.9. The van der Waals surface area contributed by atoms with Crippen molar-refractivity contribution in [2.45, 2.75) is 39.7 Å². The Kier molecular flexibility index (Phi) is 6.40. The normalized spacial score (nSPS) is 16.7. The molecule has 0 aliphatic heterocycles. The predicted octanol–water partition coefficient (Wildman–Crippen LogP) is 1.03. The summed E-state index contributed by atoms with van der Waals surface area (Å²) in [5, 5.41) is 0. The summed E-state index contributed by atoms with van der Waals surface area (Å²) >= 11 is 0. The largest absolute Gasteiger partial charge is 0.329 e. The van der Waals surface area contributed by atoms with E-state index in [1.807, 2.05) is 13.8 Å². The predicted molar refractivity (Wildman–Crippen MR) is 64.1 cm³/mol. The first-order chi connectivity index (χ1) is 6.85. The monoisotopic (exact) mass is 236 g/mol. The lowest BCUT2D eigenvalue weighted by molar-refractivity contribution is 0.388. The highest BCUT2D eigenvalue weighted by Crippen LogP contribution is 2.12. The molecular formula is C10H24N2O2S. The lowest BCUT2D eigenvalue weighted by Gasteiger charge is -2.24. The Morgan fingerprint density at radius 2 is 1.87 bits per heavy atom. The van der Waals surface area contributed by atoms with Gasteiger partial charge in [0.25, 0.3) is 0 Å². The maximum atomic E-state index is 11.9. The molecule has 2 N–H and O–H groups in total. The van der Waals surface area contributed by atoms with Crippen molar-refractivity contribution < 1.29 is 8.42 Å². The highest BCUT2D eigenvalue weighted by atomic mass is 32.2. The van der Waals surface area contributed by atoms with Crippen LogP contribution in [-0.2, 0) is 10.0 Å². The Morgan fingerprint density at radius 1 is 1.33 bits per heavy atom. The third-order valence-electron chi connectivity index (χ3n) is 2.68. The van der Waals surface area contributed by atoms with Crippen LogP contribution in [0.25, 0.3) is 0 Å². The fourth-order valence-corrected chi connectivity index (χ4v) is 3.23. The molecular weight excluding hydrogens is 212 g/mol. The molecule has 0 amide bonds. The Morgan fingerprint density at radius 3 is 2.27 bits per heavy atom. The molecule has 0 saturated carbocycles. The van der Waals surface area contributed by atoms with Gasteiger partial charge in [0.15, 0.2) is 0 Å². The second kappa shape index (κ2) is 6.45. The van der Waals surface area contributed by atoms with E-state index in [-0.39, 0.29) is 17.7 Å². The Labute approximate surface area is 93.9 Å². The van der Waals surface area contributed by atoms with Crippen LogP contribution in [0, 0.1) is 5.92 Å². The minimum atomic E-state index is -3.14. The van der Waals surface area contributed by atoms with Gasteiger partial charge in [-0.25, -0.2) is 12.7 Å². The number of rotatable bonds is 7. The van der Waals surface area contributed by atoms with E-state index in [4.69, 9.17) is 5.73 Å². The van der Waals surface area contributed by atoms with Crippen LogP contribution in [0.3, 0.4) is 0 Å². The molecule has 92 valence electrons. The average molecular weight is 236 g/mol. The summed E-state index contributed by atoms with van der Waals surface area (Å²) in [6.45, 7) is 6.22. The molecule has 4 nitrogen and oxygen atoms in total. The van der Waals surface area contributed by atoms with Gasteiger partial charge < -0.3 is 5.73 Å². The lowest BCUT2D eigenvalue weighted by Crippen LogP contribution is -2.41. The van der Waals surface area contributed by atoms with Gasteiger partial charge in [0.2, 0.25) is 10.0 Å². The van der Waals surface area contributed by atoms with Gasteiger partial charge in [-0.05, 0) is 19.3 Å². The van der Waals surface area contributed by atoms with E-state index in [1.54, 1.807) is 7.05 Å². The van der Waals surface area contributed by atoms with E-state index in [2.05, 4.69) is 6.92 Å². The Balaban J connectivity index is 4.41. The summed E-state index contributed by atoms with van der Waals surface area (Å²) in [4.78, 5) is 0. The average Bonchev–Trinajstić information content (AvgIpc) is 2.15. The molecule has 5 heteroatoms. The molecule has 2 unspecified atom stereocenters. The molecule has 2 atom stereocenters. The minimum absolute atomic E-state index is 0.121. The SMILES string of the molecule is CCCC(C)CS(=O)(=O)N(C)C(C)CN. The van der Waals surface area contributed by atoms with Gasteiger partial charge in [0, 0.05) is 19.6 Å². The van der Waals surface area contributed by atoms with Gasteiger partial charge in [-0.2, -0.15) is 0 Å². The van der Waals surface area contributed by atoms with E-state index in [9.17, 15) is 8.42 Å². The topological polar surface area (TPSA) is 63.4 Å². The smallest absolute Gasteiger partial charge is 0.214 e. The van der Waals surface area contributed by atoms with E-state index in [0.29, 0.717) is 6.54 Å². The first kappa shape index (κ1) is 14.9. The highest BCUT2D eigenvalue weighted by Gasteiger charge is 2.24. The summed E-state index contributed by atoms with van der Waals surface area (Å²) in [6, 6.07) is -0.121. The van der Waals surface area contributed by atoms with Crippen molar-refractivity contribution in [2.24, 2.45) is 11.7 Å². The van der Waals surface area contributed by atoms with Crippen molar-refractivity contribution in [3.8, 4) is 0 Å². The van der Waals surface area contributed by atoms with Crippen molar-refractivity contribution in [1.29, 1.82) is 0 Å². The van der Waals surface area contributed by atoms with Gasteiger partial charge in [0.05, 0.1) is 5.75 Å². The zero-order valence-electron chi connectivity index (χ0n) is 10.2. The molecule has 0 radical (unpaired) electrons. The molecule has 0 heterocycles. The van der Waals surface area contributed by atoms with E-state index >= 15 is 0 Å². The summed E-state index contributed by atoms with van der Waals surface area (Å²) in [6.07, 6.45) is 1.97. The quantitative estimate of drug-likeness (QED) is 0.718. The molecule has 15 heavy (non-hydrogen) atoms. The van der Waals surface area contributed by atoms with Crippen LogP contribution >= 0.6 is 0 Å². The summed E-state index contributed by atoms with van der Waals surface area (Å²) in [7, 11) is -1.54. The molecule has 0 aliphatic carbocycles. The van der Waals surface area contributed by atoms with Crippen LogP contribution in [0.4, 0.5) is 0 Å². The van der Waals surface area contributed by atoms with Crippen LogP contribution in [0.5, 0.6) is 0 Å². The van der Waals surface area contributed by atoms with Gasteiger partial charge in [-0.15, -0.1) is 0 Å². The number of hydrogen-bond acceptors (Lipinski definition) is 3. The fraction of sp³-hybridized carbons (Fsp3) is 1.00. The second-order valence-electron chi connectivity index (χ2n) is 4.27. The third-order valence-corrected chi connectivity index (χ3v) is 4.90. The zero-order chi connectivity index (χ0) is 12.1. The molecule has 0 spiro atoms. The third kappa shape index (κ3) is 4.95. The summed E-state index contributed by atoms with van der Waals surface area (Å²) in [5.41, 5.74) is 5.45. The molecule has 0 fully saturated rings. The molecule has 0 aliphatic rings. The number of hydrogen-bond donors (Lipinski definition) is 1. The van der Waals surface area contributed by atoms with Crippen molar-refractivity contribution in [1.82, 2.24) is 4.31 Å². The molecule has 0 rings (SSSR count). The minimum Gasteiger partial charge on any atom is -0.329 e.